The highest BCUT2D eigenvalue weighted by Crippen LogP contribution is 2.27. The summed E-state index contributed by atoms with van der Waals surface area (Å²) in [5.74, 6) is -0.116. The van der Waals surface area contributed by atoms with Crippen molar-refractivity contribution in [1.82, 2.24) is 9.97 Å². The predicted octanol–water partition coefficient (Wildman–Crippen LogP) is 3.71. The van der Waals surface area contributed by atoms with Crippen molar-refractivity contribution in [2.75, 3.05) is 18.0 Å². The molecule has 6 heteroatoms. The second-order valence-corrected chi connectivity index (χ2v) is 6.76. The smallest absolute Gasteiger partial charge is 0.308 e. The van der Waals surface area contributed by atoms with Gasteiger partial charge in [-0.1, -0.05) is 26.0 Å². The first-order valence-corrected chi connectivity index (χ1v) is 8.56. The summed E-state index contributed by atoms with van der Waals surface area (Å²) in [6.07, 6.45) is 1.50. The topological polar surface area (TPSA) is 66.3 Å². The van der Waals surface area contributed by atoms with Crippen LogP contribution in [-0.4, -0.2) is 34.1 Å². The van der Waals surface area contributed by atoms with E-state index in [4.69, 9.17) is 0 Å². The summed E-state index contributed by atoms with van der Waals surface area (Å²) >= 11 is 0. The molecule has 1 atom stereocenters. The summed E-state index contributed by atoms with van der Waals surface area (Å²) in [4.78, 5) is 22.5. The van der Waals surface area contributed by atoms with E-state index < -0.39 is 5.97 Å². The van der Waals surface area contributed by atoms with Crippen LogP contribution in [0.4, 0.5) is 10.2 Å². The molecule has 132 valence electrons. The number of aliphatic carboxylic acids is 1. The number of hydrogen-bond acceptors (Lipinski definition) is 4. The molecule has 0 saturated carbocycles. The molecule has 0 radical (unpaired) electrons. The summed E-state index contributed by atoms with van der Waals surface area (Å²) in [6.45, 7) is 5.28. The summed E-state index contributed by atoms with van der Waals surface area (Å²) in [6, 6.07) is 8.13. The molecule has 2 aromatic rings. The lowest BCUT2D eigenvalue weighted by atomic mass is 9.98. The van der Waals surface area contributed by atoms with Gasteiger partial charge < -0.3 is 10.0 Å². The maximum absolute atomic E-state index is 13.6. The Morgan fingerprint density at radius 3 is 2.80 bits per heavy atom. The van der Waals surface area contributed by atoms with E-state index in [0.29, 0.717) is 30.2 Å². The van der Waals surface area contributed by atoms with Crippen LogP contribution in [0, 0.1) is 11.7 Å². The zero-order valence-electron chi connectivity index (χ0n) is 14.4. The lowest BCUT2D eigenvalue weighted by molar-refractivity contribution is -0.141. The molecule has 0 aliphatic carbocycles. The zero-order valence-corrected chi connectivity index (χ0v) is 14.4. The maximum atomic E-state index is 13.6. The van der Waals surface area contributed by atoms with Crippen LogP contribution in [0.5, 0.6) is 0 Å². The highest BCUT2D eigenvalue weighted by Gasteiger charge is 2.27. The number of carboxylic acid groups (broad SMARTS) is 1. The molecule has 1 fully saturated rings. The molecule has 0 spiro atoms. The van der Waals surface area contributed by atoms with Crippen molar-refractivity contribution < 1.29 is 14.3 Å². The fourth-order valence-corrected chi connectivity index (χ4v) is 3.05. The molecule has 1 aliphatic heterocycles. The number of halogens is 1. The molecule has 1 aliphatic rings. The fraction of sp³-hybridized carbons (Fsp3) is 0.421. The standard InChI is InChI=1S/C19H22FN3O2/c1-12(2)16-10-17(23-8-4-6-14(11-23)19(24)25)22-18(21-16)13-5-3-7-15(20)9-13/h3,5,7,9-10,12,14H,4,6,8,11H2,1-2H3,(H,24,25). The van der Waals surface area contributed by atoms with Crippen molar-refractivity contribution >= 4 is 11.8 Å². The van der Waals surface area contributed by atoms with E-state index in [1.165, 1.54) is 12.1 Å². The number of aromatic nitrogens is 2. The first kappa shape index (κ1) is 17.3. The molecule has 3 rings (SSSR count). The Morgan fingerprint density at radius 1 is 1.32 bits per heavy atom. The first-order chi connectivity index (χ1) is 11.9. The predicted molar refractivity (Wildman–Crippen MR) is 94.1 cm³/mol. The van der Waals surface area contributed by atoms with E-state index in [-0.39, 0.29) is 17.7 Å². The van der Waals surface area contributed by atoms with Crippen LogP contribution in [0.1, 0.15) is 38.3 Å². The van der Waals surface area contributed by atoms with Gasteiger partial charge >= 0.3 is 5.97 Å². The van der Waals surface area contributed by atoms with Crippen LogP contribution in [0.15, 0.2) is 30.3 Å². The number of anilines is 1. The molecule has 0 amide bonds. The van der Waals surface area contributed by atoms with E-state index in [1.54, 1.807) is 12.1 Å². The lowest BCUT2D eigenvalue weighted by Gasteiger charge is -2.32. The Balaban J connectivity index is 2.00. The van der Waals surface area contributed by atoms with Gasteiger partial charge in [0.25, 0.3) is 0 Å². The summed E-state index contributed by atoms with van der Waals surface area (Å²) in [7, 11) is 0. The van der Waals surface area contributed by atoms with Crippen LogP contribution in [0.3, 0.4) is 0 Å². The van der Waals surface area contributed by atoms with Gasteiger partial charge in [-0.05, 0) is 30.9 Å². The van der Waals surface area contributed by atoms with Crippen molar-refractivity contribution in [3.05, 3.63) is 41.8 Å². The van der Waals surface area contributed by atoms with Gasteiger partial charge in [-0.15, -0.1) is 0 Å². The molecular weight excluding hydrogens is 321 g/mol. The van der Waals surface area contributed by atoms with Gasteiger partial charge in [0.15, 0.2) is 5.82 Å². The summed E-state index contributed by atoms with van der Waals surface area (Å²) in [5.41, 5.74) is 1.48. The Hall–Kier alpha value is -2.50. The van der Waals surface area contributed by atoms with Crippen molar-refractivity contribution in [2.45, 2.75) is 32.6 Å². The van der Waals surface area contributed by atoms with Crippen molar-refractivity contribution in [1.29, 1.82) is 0 Å². The Morgan fingerprint density at radius 2 is 2.12 bits per heavy atom. The Bertz CT molecular complexity index is 779. The van der Waals surface area contributed by atoms with E-state index in [9.17, 15) is 14.3 Å². The number of carbonyl (C=O) groups is 1. The number of carboxylic acids is 1. The maximum Gasteiger partial charge on any atom is 0.308 e. The molecule has 5 nitrogen and oxygen atoms in total. The average molecular weight is 343 g/mol. The van der Waals surface area contributed by atoms with E-state index in [1.807, 2.05) is 24.8 Å². The van der Waals surface area contributed by atoms with Crippen LogP contribution in [0.25, 0.3) is 11.4 Å². The molecule has 1 aromatic heterocycles. The minimum Gasteiger partial charge on any atom is -0.481 e. The van der Waals surface area contributed by atoms with Crippen molar-refractivity contribution in [2.24, 2.45) is 5.92 Å². The van der Waals surface area contributed by atoms with E-state index in [0.717, 1.165) is 18.7 Å². The molecular formula is C19H22FN3O2. The SMILES string of the molecule is CC(C)c1cc(N2CCCC(C(=O)O)C2)nc(-c2cccc(F)c2)n1. The van der Waals surface area contributed by atoms with Gasteiger partial charge in [0.2, 0.25) is 0 Å². The number of benzene rings is 1. The van der Waals surface area contributed by atoms with E-state index in [2.05, 4.69) is 9.97 Å². The van der Waals surface area contributed by atoms with Crippen molar-refractivity contribution in [3.8, 4) is 11.4 Å². The van der Waals surface area contributed by atoms with Gasteiger partial charge in [-0.3, -0.25) is 4.79 Å². The number of hydrogen-bond donors (Lipinski definition) is 1. The monoisotopic (exact) mass is 343 g/mol. The van der Waals surface area contributed by atoms with Crippen LogP contribution in [-0.2, 0) is 4.79 Å². The Labute approximate surface area is 146 Å². The lowest BCUT2D eigenvalue weighted by Crippen LogP contribution is -2.39. The number of piperidine rings is 1. The zero-order chi connectivity index (χ0) is 18.0. The normalized spacial score (nSPS) is 17.8. The third-order valence-electron chi connectivity index (χ3n) is 4.50. The molecule has 1 saturated heterocycles. The third-order valence-corrected chi connectivity index (χ3v) is 4.50. The summed E-state index contributed by atoms with van der Waals surface area (Å²) in [5, 5.41) is 9.31. The minimum atomic E-state index is -0.770. The van der Waals surface area contributed by atoms with Gasteiger partial charge in [0.1, 0.15) is 11.6 Å². The first-order valence-electron chi connectivity index (χ1n) is 8.56. The second kappa shape index (κ2) is 7.17. The molecule has 1 unspecified atom stereocenters. The molecule has 1 aromatic carbocycles. The molecule has 25 heavy (non-hydrogen) atoms. The molecule has 2 heterocycles. The largest absolute Gasteiger partial charge is 0.481 e. The average Bonchev–Trinajstić information content (AvgIpc) is 2.61. The van der Waals surface area contributed by atoms with Crippen molar-refractivity contribution in [3.63, 3.8) is 0 Å². The van der Waals surface area contributed by atoms with Gasteiger partial charge in [0.05, 0.1) is 5.92 Å². The number of rotatable bonds is 4. The fourth-order valence-electron chi connectivity index (χ4n) is 3.05. The van der Waals surface area contributed by atoms with Crippen LogP contribution < -0.4 is 4.90 Å². The van der Waals surface area contributed by atoms with E-state index >= 15 is 0 Å². The Kier molecular flexibility index (Phi) is 4.97. The highest BCUT2D eigenvalue weighted by atomic mass is 19.1. The van der Waals surface area contributed by atoms with Crippen LogP contribution in [0.2, 0.25) is 0 Å². The van der Waals surface area contributed by atoms with Gasteiger partial charge in [-0.25, -0.2) is 14.4 Å². The summed E-state index contributed by atoms with van der Waals surface area (Å²) < 4.78 is 13.6. The molecule has 0 bridgehead atoms. The molecule has 1 N–H and O–H groups in total. The number of nitrogens with zero attached hydrogens (tertiary/aromatic N) is 3. The highest BCUT2D eigenvalue weighted by molar-refractivity contribution is 5.71. The minimum absolute atomic E-state index is 0.189. The van der Waals surface area contributed by atoms with Gasteiger partial charge in [0, 0.05) is 30.4 Å². The van der Waals surface area contributed by atoms with Crippen LogP contribution >= 0.6 is 0 Å². The third kappa shape index (κ3) is 3.95. The quantitative estimate of drug-likeness (QED) is 0.917. The second-order valence-electron chi connectivity index (χ2n) is 6.76. The van der Waals surface area contributed by atoms with Gasteiger partial charge in [-0.2, -0.15) is 0 Å².